The summed E-state index contributed by atoms with van der Waals surface area (Å²) in [4.78, 5) is 11.6. The Morgan fingerprint density at radius 2 is 1.36 bits per heavy atom. The van der Waals surface area contributed by atoms with Gasteiger partial charge >= 0.3 is 0 Å². The molecular formula is C13H28O. The second-order valence-corrected chi connectivity index (χ2v) is 3.83. The predicted molar refractivity (Wildman–Crippen MR) is 64.5 cm³/mol. The van der Waals surface area contributed by atoms with Gasteiger partial charge in [0.2, 0.25) is 0 Å². The molecule has 0 unspecified atom stereocenters. The molecule has 86 valence electrons. The number of carbonyl (C=O) groups excluding carboxylic acids is 1. The number of hydrogen-bond donors (Lipinski definition) is 0. The monoisotopic (exact) mass is 200 g/mol. The van der Waals surface area contributed by atoms with Crippen molar-refractivity contribution in [2.24, 2.45) is 11.8 Å². The standard InChI is InChI=1S/C11H22O.C2H6/c1-5-7-10(8-6-2)11(12)9(3)4;1-2/h9-10H,5-8H2,1-4H3;1-2H3. The first-order chi connectivity index (χ1) is 6.63. The van der Waals surface area contributed by atoms with Crippen LogP contribution < -0.4 is 0 Å². The summed E-state index contributed by atoms with van der Waals surface area (Å²) >= 11 is 0. The minimum absolute atomic E-state index is 0.216. The van der Waals surface area contributed by atoms with Gasteiger partial charge in [0.25, 0.3) is 0 Å². The van der Waals surface area contributed by atoms with Crippen LogP contribution in [0.15, 0.2) is 0 Å². The first kappa shape index (κ1) is 16.1. The Kier molecular flexibility index (Phi) is 12.4. The van der Waals surface area contributed by atoms with Gasteiger partial charge in [-0.05, 0) is 12.8 Å². The van der Waals surface area contributed by atoms with Crippen LogP contribution in [-0.4, -0.2) is 5.78 Å². The van der Waals surface area contributed by atoms with Crippen molar-refractivity contribution in [2.75, 3.05) is 0 Å². The van der Waals surface area contributed by atoms with Crippen molar-refractivity contribution >= 4 is 5.78 Å². The van der Waals surface area contributed by atoms with Crippen molar-refractivity contribution in [1.82, 2.24) is 0 Å². The van der Waals surface area contributed by atoms with Gasteiger partial charge in [0, 0.05) is 11.8 Å². The zero-order chi connectivity index (χ0) is 11.6. The molecule has 0 aromatic rings. The third-order valence-corrected chi connectivity index (χ3v) is 2.25. The summed E-state index contributed by atoms with van der Waals surface area (Å²) in [5.41, 5.74) is 0. The van der Waals surface area contributed by atoms with E-state index in [0.29, 0.717) is 11.7 Å². The van der Waals surface area contributed by atoms with Crippen molar-refractivity contribution in [2.45, 2.75) is 67.2 Å². The molecule has 0 rings (SSSR count). The molecule has 0 aliphatic rings. The molecule has 0 saturated carbocycles. The van der Waals surface area contributed by atoms with Crippen LogP contribution in [0.25, 0.3) is 0 Å². The van der Waals surface area contributed by atoms with E-state index in [1.54, 1.807) is 0 Å². The van der Waals surface area contributed by atoms with Crippen LogP contribution >= 0.6 is 0 Å². The smallest absolute Gasteiger partial charge is 0.138 e. The van der Waals surface area contributed by atoms with Crippen LogP contribution in [0.1, 0.15) is 67.2 Å². The molecule has 0 heterocycles. The van der Waals surface area contributed by atoms with E-state index in [4.69, 9.17) is 0 Å². The molecule has 0 saturated heterocycles. The first-order valence-electron chi connectivity index (χ1n) is 6.17. The average molecular weight is 200 g/mol. The lowest BCUT2D eigenvalue weighted by Crippen LogP contribution is -2.19. The van der Waals surface area contributed by atoms with Crippen molar-refractivity contribution < 1.29 is 4.79 Å². The Morgan fingerprint density at radius 1 is 1.00 bits per heavy atom. The molecule has 0 fully saturated rings. The van der Waals surface area contributed by atoms with Crippen LogP contribution in [0.5, 0.6) is 0 Å². The second-order valence-electron chi connectivity index (χ2n) is 3.83. The van der Waals surface area contributed by atoms with Crippen molar-refractivity contribution in [1.29, 1.82) is 0 Å². The van der Waals surface area contributed by atoms with Crippen molar-refractivity contribution in [3.8, 4) is 0 Å². The molecule has 1 nitrogen and oxygen atoms in total. The Labute approximate surface area is 90.3 Å². The molecule has 0 aromatic heterocycles. The second kappa shape index (κ2) is 10.7. The zero-order valence-corrected chi connectivity index (χ0v) is 10.9. The van der Waals surface area contributed by atoms with E-state index in [9.17, 15) is 4.79 Å². The molecule has 1 heteroatoms. The molecule has 0 aliphatic carbocycles. The molecule has 0 atom stereocenters. The number of carbonyl (C=O) groups is 1. The van der Waals surface area contributed by atoms with Gasteiger partial charge in [-0.15, -0.1) is 0 Å². The summed E-state index contributed by atoms with van der Waals surface area (Å²) in [6, 6.07) is 0. The van der Waals surface area contributed by atoms with Gasteiger partial charge < -0.3 is 0 Å². The lowest BCUT2D eigenvalue weighted by molar-refractivity contribution is -0.126. The molecule has 0 spiro atoms. The lowest BCUT2D eigenvalue weighted by Gasteiger charge is -2.15. The fraction of sp³-hybridized carbons (Fsp3) is 0.923. The fourth-order valence-electron chi connectivity index (χ4n) is 1.60. The third kappa shape index (κ3) is 7.11. The Morgan fingerprint density at radius 3 is 1.57 bits per heavy atom. The van der Waals surface area contributed by atoms with Gasteiger partial charge in [-0.1, -0.05) is 54.4 Å². The highest BCUT2D eigenvalue weighted by atomic mass is 16.1. The van der Waals surface area contributed by atoms with Crippen molar-refractivity contribution in [3.05, 3.63) is 0 Å². The summed E-state index contributed by atoms with van der Waals surface area (Å²) in [5, 5.41) is 0. The first-order valence-corrected chi connectivity index (χ1v) is 6.17. The molecule has 0 bridgehead atoms. The summed E-state index contributed by atoms with van der Waals surface area (Å²) in [5.74, 6) is 1.01. The Balaban J connectivity index is 0. The maximum atomic E-state index is 11.6. The summed E-state index contributed by atoms with van der Waals surface area (Å²) < 4.78 is 0. The van der Waals surface area contributed by atoms with Gasteiger partial charge in [0.15, 0.2) is 0 Å². The third-order valence-electron chi connectivity index (χ3n) is 2.25. The summed E-state index contributed by atoms with van der Waals surface area (Å²) in [7, 11) is 0. The number of hydrogen-bond acceptors (Lipinski definition) is 1. The van der Waals surface area contributed by atoms with E-state index >= 15 is 0 Å². The van der Waals surface area contributed by atoms with Gasteiger partial charge in [0.1, 0.15) is 5.78 Å². The van der Waals surface area contributed by atoms with Crippen LogP contribution in [0.3, 0.4) is 0 Å². The zero-order valence-electron chi connectivity index (χ0n) is 10.9. The maximum Gasteiger partial charge on any atom is 0.138 e. The van der Waals surface area contributed by atoms with E-state index < -0.39 is 0 Å². The van der Waals surface area contributed by atoms with E-state index in [1.165, 1.54) is 0 Å². The summed E-state index contributed by atoms with van der Waals surface area (Å²) in [6.07, 6.45) is 4.40. The van der Waals surface area contributed by atoms with Gasteiger partial charge in [-0.25, -0.2) is 0 Å². The van der Waals surface area contributed by atoms with Crippen molar-refractivity contribution in [3.63, 3.8) is 0 Å². The molecule has 0 radical (unpaired) electrons. The normalized spacial score (nSPS) is 10.0. The number of ketones is 1. The van der Waals surface area contributed by atoms with Crippen LogP contribution in [0.4, 0.5) is 0 Å². The van der Waals surface area contributed by atoms with E-state index in [2.05, 4.69) is 13.8 Å². The predicted octanol–water partition coefficient (Wildman–Crippen LogP) is 4.45. The molecule has 0 N–H and O–H groups in total. The number of Topliss-reactive ketones (excluding diaryl/α,β-unsaturated/α-hetero) is 1. The highest BCUT2D eigenvalue weighted by Gasteiger charge is 2.18. The highest BCUT2D eigenvalue weighted by Crippen LogP contribution is 2.18. The average Bonchev–Trinajstić information content (AvgIpc) is 2.19. The van der Waals surface area contributed by atoms with Crippen LogP contribution in [0.2, 0.25) is 0 Å². The topological polar surface area (TPSA) is 17.1 Å². The minimum atomic E-state index is 0.216. The molecular weight excluding hydrogens is 172 g/mol. The van der Waals surface area contributed by atoms with E-state index in [1.807, 2.05) is 27.7 Å². The number of rotatable bonds is 6. The highest BCUT2D eigenvalue weighted by molar-refractivity contribution is 5.82. The van der Waals surface area contributed by atoms with Crippen LogP contribution in [-0.2, 0) is 4.79 Å². The van der Waals surface area contributed by atoms with Gasteiger partial charge in [-0.2, -0.15) is 0 Å². The quantitative estimate of drug-likeness (QED) is 0.619. The van der Waals surface area contributed by atoms with Crippen LogP contribution in [0, 0.1) is 11.8 Å². The SMILES string of the molecule is CC.CCCC(CCC)C(=O)C(C)C. The van der Waals surface area contributed by atoms with E-state index in [-0.39, 0.29) is 5.92 Å². The molecule has 0 amide bonds. The lowest BCUT2D eigenvalue weighted by atomic mass is 9.88. The summed E-state index contributed by atoms with van der Waals surface area (Å²) in [6.45, 7) is 12.3. The molecule has 0 aliphatic heterocycles. The maximum absolute atomic E-state index is 11.6. The minimum Gasteiger partial charge on any atom is -0.299 e. The van der Waals surface area contributed by atoms with E-state index in [0.717, 1.165) is 25.7 Å². The Hall–Kier alpha value is -0.330. The largest absolute Gasteiger partial charge is 0.299 e. The Bertz CT molecular complexity index is 121. The van der Waals surface area contributed by atoms with Gasteiger partial charge in [0.05, 0.1) is 0 Å². The molecule has 14 heavy (non-hydrogen) atoms. The molecule has 0 aromatic carbocycles. The fourth-order valence-corrected chi connectivity index (χ4v) is 1.60. The van der Waals surface area contributed by atoms with Gasteiger partial charge in [-0.3, -0.25) is 4.79 Å².